The molecule has 1 amide bonds. The molecule has 1 aromatic heterocycles. The van der Waals surface area contributed by atoms with Crippen LogP contribution < -0.4 is 15.4 Å². The quantitative estimate of drug-likeness (QED) is 0.605. The van der Waals surface area contributed by atoms with Crippen molar-refractivity contribution in [1.82, 2.24) is 15.5 Å². The largest absolute Gasteiger partial charge is 0.492 e. The number of nitrogens with one attached hydrogen (secondary N) is 2. The van der Waals surface area contributed by atoms with E-state index < -0.39 is 0 Å². The van der Waals surface area contributed by atoms with Crippen LogP contribution in [0.4, 0.5) is 10.8 Å². The Hall–Kier alpha value is -1.80. The van der Waals surface area contributed by atoms with Crippen molar-refractivity contribution in [2.75, 3.05) is 17.7 Å². The number of benzene rings is 1. The molecule has 2 aromatic rings. The second kappa shape index (κ2) is 10.2. The molecule has 0 radical (unpaired) electrons. The molecular formula is C17H24N4O2S2. The van der Waals surface area contributed by atoms with Crippen LogP contribution in [0.3, 0.4) is 0 Å². The third kappa shape index (κ3) is 6.55. The van der Waals surface area contributed by atoms with Gasteiger partial charge in [0.25, 0.3) is 0 Å². The molecule has 0 aliphatic rings. The summed E-state index contributed by atoms with van der Waals surface area (Å²) in [5.41, 5.74) is 0.850. The minimum atomic E-state index is 0.0253. The van der Waals surface area contributed by atoms with Crippen molar-refractivity contribution in [3.8, 4) is 5.75 Å². The first kappa shape index (κ1) is 19.5. The number of aromatic nitrogens is 2. The number of carbonyl (C=O) groups excluding carboxylic acids is 1. The van der Waals surface area contributed by atoms with Crippen molar-refractivity contribution in [1.29, 1.82) is 0 Å². The van der Waals surface area contributed by atoms with Crippen LogP contribution in [0.1, 0.15) is 33.6 Å². The third-order valence-electron chi connectivity index (χ3n) is 3.29. The van der Waals surface area contributed by atoms with Crippen LogP contribution >= 0.6 is 23.1 Å². The number of ether oxygens (including phenoxy) is 1. The Bertz CT molecular complexity index is 678. The molecule has 25 heavy (non-hydrogen) atoms. The van der Waals surface area contributed by atoms with Gasteiger partial charge in [0.15, 0.2) is 4.34 Å². The van der Waals surface area contributed by atoms with Crippen molar-refractivity contribution in [3.63, 3.8) is 0 Å². The molecule has 2 N–H and O–H groups in total. The fourth-order valence-electron chi connectivity index (χ4n) is 2.23. The van der Waals surface area contributed by atoms with Gasteiger partial charge in [-0.05, 0) is 32.4 Å². The normalized spacial score (nSPS) is 11.8. The second-order valence-electron chi connectivity index (χ2n) is 5.47. The molecule has 0 aliphatic carbocycles. The summed E-state index contributed by atoms with van der Waals surface area (Å²) >= 11 is 2.82. The summed E-state index contributed by atoms with van der Waals surface area (Å²) in [6, 6.07) is 7.91. The molecule has 0 saturated carbocycles. The number of hydrogen-bond donors (Lipinski definition) is 2. The van der Waals surface area contributed by atoms with Crippen LogP contribution in [0.5, 0.6) is 5.75 Å². The van der Waals surface area contributed by atoms with Crippen molar-refractivity contribution in [2.24, 2.45) is 0 Å². The Morgan fingerprint density at radius 2 is 2.12 bits per heavy atom. The van der Waals surface area contributed by atoms with Gasteiger partial charge in [-0.2, -0.15) is 0 Å². The van der Waals surface area contributed by atoms with E-state index in [4.69, 9.17) is 4.74 Å². The van der Waals surface area contributed by atoms with E-state index >= 15 is 0 Å². The van der Waals surface area contributed by atoms with Crippen molar-refractivity contribution in [3.05, 3.63) is 24.3 Å². The molecule has 2 rings (SSSR count). The van der Waals surface area contributed by atoms with E-state index in [1.807, 2.05) is 38.1 Å². The number of hydrogen-bond acceptors (Lipinski definition) is 7. The molecule has 8 heteroatoms. The van der Waals surface area contributed by atoms with Crippen LogP contribution in [0.2, 0.25) is 0 Å². The minimum absolute atomic E-state index is 0.0253. The summed E-state index contributed by atoms with van der Waals surface area (Å²) < 4.78 is 6.35. The fraction of sp³-hybridized carbons (Fsp3) is 0.471. The van der Waals surface area contributed by atoms with E-state index in [-0.39, 0.29) is 11.9 Å². The first-order valence-corrected chi connectivity index (χ1v) is 10.2. The predicted octanol–water partition coefficient (Wildman–Crippen LogP) is 4.08. The Kier molecular flexibility index (Phi) is 8.00. The van der Waals surface area contributed by atoms with E-state index in [1.165, 1.54) is 23.1 Å². The Balaban J connectivity index is 1.87. The highest BCUT2D eigenvalue weighted by Crippen LogP contribution is 2.31. The summed E-state index contributed by atoms with van der Waals surface area (Å²) in [5.74, 6) is 1.15. The standard InChI is InChI=1S/C17H24N4O2S2/c1-4-8-12(3)18-15(22)11-24-17-21-20-16(25-17)19-13-9-6-7-10-14(13)23-5-2/h6-7,9-10,12H,4-5,8,11H2,1-3H3,(H,18,22)(H,19,20). The maximum absolute atomic E-state index is 11.9. The monoisotopic (exact) mass is 380 g/mol. The van der Waals surface area contributed by atoms with Gasteiger partial charge in [-0.15, -0.1) is 10.2 Å². The number of thioether (sulfide) groups is 1. The molecule has 1 atom stereocenters. The molecule has 0 bridgehead atoms. The lowest BCUT2D eigenvalue weighted by Crippen LogP contribution is -2.33. The molecule has 1 heterocycles. The number of para-hydroxylation sites is 2. The fourth-order valence-corrected chi connectivity index (χ4v) is 3.81. The number of nitrogens with zero attached hydrogens (tertiary/aromatic N) is 2. The highest BCUT2D eigenvalue weighted by molar-refractivity contribution is 8.01. The smallest absolute Gasteiger partial charge is 0.230 e. The maximum Gasteiger partial charge on any atom is 0.230 e. The van der Waals surface area contributed by atoms with Crippen LogP contribution in [0.25, 0.3) is 0 Å². The van der Waals surface area contributed by atoms with Gasteiger partial charge in [0.2, 0.25) is 11.0 Å². The minimum Gasteiger partial charge on any atom is -0.492 e. The van der Waals surface area contributed by atoms with E-state index in [0.717, 1.165) is 28.6 Å². The first-order valence-electron chi connectivity index (χ1n) is 8.36. The van der Waals surface area contributed by atoms with Crippen LogP contribution in [0, 0.1) is 0 Å². The van der Waals surface area contributed by atoms with Gasteiger partial charge in [-0.1, -0.05) is 48.6 Å². The lowest BCUT2D eigenvalue weighted by molar-refractivity contribution is -0.119. The van der Waals surface area contributed by atoms with Gasteiger partial charge in [0.1, 0.15) is 5.75 Å². The van der Waals surface area contributed by atoms with Gasteiger partial charge in [0.05, 0.1) is 18.0 Å². The lowest BCUT2D eigenvalue weighted by Gasteiger charge is -2.11. The number of anilines is 2. The zero-order valence-corrected chi connectivity index (χ0v) is 16.4. The van der Waals surface area contributed by atoms with E-state index in [2.05, 4.69) is 27.8 Å². The molecule has 0 spiro atoms. The zero-order valence-electron chi connectivity index (χ0n) is 14.7. The summed E-state index contributed by atoms with van der Waals surface area (Å²) in [5, 5.41) is 15.1. The molecule has 0 saturated heterocycles. The number of carbonyl (C=O) groups is 1. The van der Waals surface area contributed by atoms with Crippen LogP contribution in [-0.4, -0.2) is 34.5 Å². The Labute approximate surface area is 156 Å². The molecule has 0 aliphatic heterocycles. The number of amides is 1. The van der Waals surface area contributed by atoms with Gasteiger partial charge in [0, 0.05) is 6.04 Å². The van der Waals surface area contributed by atoms with Crippen LogP contribution in [-0.2, 0) is 4.79 Å². The van der Waals surface area contributed by atoms with Gasteiger partial charge in [-0.3, -0.25) is 4.79 Å². The molecular weight excluding hydrogens is 356 g/mol. The second-order valence-corrected chi connectivity index (χ2v) is 7.67. The van der Waals surface area contributed by atoms with Gasteiger partial charge >= 0.3 is 0 Å². The van der Waals surface area contributed by atoms with Crippen molar-refractivity contribution < 1.29 is 9.53 Å². The average Bonchev–Trinajstić information content (AvgIpc) is 3.03. The Morgan fingerprint density at radius 3 is 2.88 bits per heavy atom. The van der Waals surface area contributed by atoms with Crippen LogP contribution in [0.15, 0.2) is 28.6 Å². The molecule has 6 nitrogen and oxygen atoms in total. The molecule has 0 fully saturated rings. The van der Waals surface area contributed by atoms with Crippen molar-refractivity contribution in [2.45, 2.75) is 44.0 Å². The average molecular weight is 381 g/mol. The molecule has 136 valence electrons. The lowest BCUT2D eigenvalue weighted by atomic mass is 10.2. The first-order chi connectivity index (χ1) is 12.1. The van der Waals surface area contributed by atoms with Crippen molar-refractivity contribution >= 4 is 39.8 Å². The maximum atomic E-state index is 11.9. The van der Waals surface area contributed by atoms with E-state index in [0.29, 0.717) is 17.5 Å². The third-order valence-corrected chi connectivity index (χ3v) is 5.26. The van der Waals surface area contributed by atoms with E-state index in [1.54, 1.807) is 0 Å². The van der Waals surface area contributed by atoms with Gasteiger partial charge < -0.3 is 15.4 Å². The molecule has 1 unspecified atom stereocenters. The van der Waals surface area contributed by atoms with E-state index in [9.17, 15) is 4.79 Å². The zero-order chi connectivity index (χ0) is 18.1. The molecule has 1 aromatic carbocycles. The Morgan fingerprint density at radius 1 is 1.32 bits per heavy atom. The highest BCUT2D eigenvalue weighted by atomic mass is 32.2. The summed E-state index contributed by atoms with van der Waals surface area (Å²) in [4.78, 5) is 11.9. The predicted molar refractivity (Wildman–Crippen MR) is 104 cm³/mol. The topological polar surface area (TPSA) is 76.1 Å². The summed E-state index contributed by atoms with van der Waals surface area (Å²) in [6.07, 6.45) is 2.05. The summed E-state index contributed by atoms with van der Waals surface area (Å²) in [7, 11) is 0. The number of rotatable bonds is 10. The van der Waals surface area contributed by atoms with Gasteiger partial charge in [-0.25, -0.2) is 0 Å². The SMILES string of the molecule is CCCC(C)NC(=O)CSc1nnc(Nc2ccccc2OCC)s1. The highest BCUT2D eigenvalue weighted by Gasteiger charge is 2.11. The summed E-state index contributed by atoms with van der Waals surface area (Å²) in [6.45, 7) is 6.68.